The predicted molar refractivity (Wildman–Crippen MR) is 58.3 cm³/mol. The lowest BCUT2D eigenvalue weighted by molar-refractivity contribution is -0.385. The zero-order valence-corrected chi connectivity index (χ0v) is 9.55. The minimum absolute atomic E-state index is 0.213. The summed E-state index contributed by atoms with van der Waals surface area (Å²) in [6.07, 6.45) is 0. The third-order valence-corrected chi connectivity index (χ3v) is 2.05. The topological polar surface area (TPSA) is 122 Å². The van der Waals surface area contributed by atoms with E-state index >= 15 is 0 Å². The molecule has 96 valence electrons. The van der Waals surface area contributed by atoms with Gasteiger partial charge in [0.2, 0.25) is 5.91 Å². The minimum atomic E-state index is -1.58. The maximum atomic E-state index is 10.9. The van der Waals surface area contributed by atoms with Crippen LogP contribution >= 0.6 is 0 Å². The molecule has 0 saturated heterocycles. The van der Waals surface area contributed by atoms with Gasteiger partial charge in [0.1, 0.15) is 0 Å². The molecule has 0 aliphatic heterocycles. The first-order valence-electron chi connectivity index (χ1n) is 4.72. The lowest BCUT2D eigenvalue weighted by Crippen LogP contribution is -2.24. The van der Waals surface area contributed by atoms with Gasteiger partial charge in [-0.3, -0.25) is 14.9 Å². The highest BCUT2D eigenvalue weighted by atomic mass is 16.6. The van der Waals surface area contributed by atoms with Crippen LogP contribution in [0.25, 0.3) is 0 Å². The third-order valence-electron chi connectivity index (χ3n) is 2.05. The first-order chi connectivity index (χ1) is 8.36. The van der Waals surface area contributed by atoms with E-state index in [1.807, 2.05) is 0 Å². The van der Waals surface area contributed by atoms with Crippen molar-refractivity contribution in [1.82, 2.24) is 0 Å². The summed E-state index contributed by atoms with van der Waals surface area (Å²) in [7, 11) is 1.17. The van der Waals surface area contributed by atoms with Crippen LogP contribution < -0.4 is 15.2 Å². The summed E-state index contributed by atoms with van der Waals surface area (Å²) < 4.78 is 4.71. The first kappa shape index (κ1) is 13.4. The van der Waals surface area contributed by atoms with Crippen LogP contribution in [-0.2, 0) is 4.79 Å². The average molecular weight is 253 g/mol. The lowest BCUT2D eigenvalue weighted by atomic mass is 10.1. The van der Waals surface area contributed by atoms with Crippen LogP contribution in [0.1, 0.15) is 17.3 Å². The second kappa shape index (κ2) is 5.13. The SMILES string of the molecule is COc1cc(C(=O)[O-])c(NC(C)=O)cc1[N+](=O)[O-]. The van der Waals surface area contributed by atoms with Crippen LogP contribution in [-0.4, -0.2) is 23.9 Å². The van der Waals surface area contributed by atoms with Gasteiger partial charge in [0.25, 0.3) is 0 Å². The maximum Gasteiger partial charge on any atom is 0.313 e. The van der Waals surface area contributed by atoms with E-state index in [1.165, 1.54) is 7.11 Å². The van der Waals surface area contributed by atoms with Gasteiger partial charge in [0.15, 0.2) is 5.75 Å². The fourth-order valence-electron chi connectivity index (χ4n) is 1.34. The van der Waals surface area contributed by atoms with Crippen LogP contribution in [0.15, 0.2) is 12.1 Å². The molecule has 0 radical (unpaired) electrons. The molecule has 0 aliphatic carbocycles. The highest BCUT2D eigenvalue weighted by molar-refractivity contribution is 6.00. The monoisotopic (exact) mass is 253 g/mol. The summed E-state index contributed by atoms with van der Waals surface area (Å²) in [5, 5.41) is 23.8. The molecule has 0 unspecified atom stereocenters. The predicted octanol–water partition coefficient (Wildman–Crippen LogP) is -0.0747. The van der Waals surface area contributed by atoms with Crippen LogP contribution in [0.4, 0.5) is 11.4 Å². The molecule has 0 bridgehead atoms. The summed E-state index contributed by atoms with van der Waals surface area (Å²) in [5.41, 5.74) is -1.06. The molecule has 0 atom stereocenters. The second-order valence-corrected chi connectivity index (χ2v) is 3.30. The second-order valence-electron chi connectivity index (χ2n) is 3.30. The van der Waals surface area contributed by atoms with Gasteiger partial charge in [-0.15, -0.1) is 0 Å². The van der Waals surface area contributed by atoms with Gasteiger partial charge in [-0.25, -0.2) is 0 Å². The number of nitrogens with zero attached hydrogens (tertiary/aromatic N) is 1. The van der Waals surface area contributed by atoms with Crippen LogP contribution in [0.3, 0.4) is 0 Å². The molecule has 0 fully saturated rings. The Morgan fingerprint density at radius 2 is 2.00 bits per heavy atom. The molecule has 8 nitrogen and oxygen atoms in total. The van der Waals surface area contributed by atoms with Gasteiger partial charge < -0.3 is 20.0 Å². The van der Waals surface area contributed by atoms with E-state index in [2.05, 4.69) is 5.32 Å². The van der Waals surface area contributed by atoms with Gasteiger partial charge in [0, 0.05) is 18.6 Å². The van der Waals surface area contributed by atoms with Crippen LogP contribution in [0.2, 0.25) is 0 Å². The molecular formula is C10H9N2O6-. The number of nitrogens with one attached hydrogen (secondary N) is 1. The number of methoxy groups -OCH3 is 1. The number of carboxylic acids is 1. The molecule has 1 aromatic carbocycles. The largest absolute Gasteiger partial charge is 0.545 e. The Hall–Kier alpha value is -2.64. The van der Waals surface area contributed by atoms with Crippen molar-refractivity contribution in [2.45, 2.75) is 6.92 Å². The Morgan fingerprint density at radius 3 is 2.39 bits per heavy atom. The molecular weight excluding hydrogens is 244 g/mol. The number of nitro groups is 1. The Kier molecular flexibility index (Phi) is 3.82. The van der Waals surface area contributed by atoms with Gasteiger partial charge in [0.05, 0.1) is 23.7 Å². The quantitative estimate of drug-likeness (QED) is 0.591. The van der Waals surface area contributed by atoms with Crippen LogP contribution in [0.5, 0.6) is 5.75 Å². The van der Waals surface area contributed by atoms with Crippen LogP contribution in [0, 0.1) is 10.1 Å². The number of carbonyl (C=O) groups excluding carboxylic acids is 2. The van der Waals surface area contributed by atoms with Crippen molar-refractivity contribution >= 4 is 23.3 Å². The molecule has 0 spiro atoms. The molecule has 0 saturated carbocycles. The maximum absolute atomic E-state index is 10.9. The van der Waals surface area contributed by atoms with Gasteiger partial charge in [-0.05, 0) is 6.07 Å². The number of carbonyl (C=O) groups is 2. The number of ether oxygens (including phenoxy) is 1. The number of aromatic carboxylic acids is 1. The third kappa shape index (κ3) is 2.73. The zero-order chi connectivity index (χ0) is 13.9. The van der Waals surface area contributed by atoms with E-state index in [9.17, 15) is 24.8 Å². The fraction of sp³-hybridized carbons (Fsp3) is 0.200. The Morgan fingerprint density at radius 1 is 1.39 bits per heavy atom. The number of hydrogen-bond acceptors (Lipinski definition) is 6. The molecule has 1 aromatic rings. The number of carboxylic acid groups (broad SMARTS) is 1. The Labute approximate surface area is 101 Å². The molecule has 1 amide bonds. The Balaban J connectivity index is 3.46. The first-order valence-corrected chi connectivity index (χ1v) is 4.72. The van der Waals surface area contributed by atoms with Gasteiger partial charge in [-0.2, -0.15) is 0 Å². The van der Waals surface area contributed by atoms with Crippen molar-refractivity contribution < 1.29 is 24.4 Å². The van der Waals surface area contributed by atoms with E-state index in [4.69, 9.17) is 4.74 Å². The Bertz CT molecular complexity index is 525. The summed E-state index contributed by atoms with van der Waals surface area (Å²) in [4.78, 5) is 31.8. The van der Waals surface area contributed by atoms with Crippen molar-refractivity contribution in [1.29, 1.82) is 0 Å². The molecule has 0 aliphatic rings. The number of nitro benzene ring substituents is 1. The van der Waals surface area contributed by atoms with E-state index in [1.54, 1.807) is 0 Å². The summed E-state index contributed by atoms with van der Waals surface area (Å²) >= 11 is 0. The average Bonchev–Trinajstić information content (AvgIpc) is 2.27. The number of anilines is 1. The number of benzene rings is 1. The van der Waals surface area contributed by atoms with Gasteiger partial charge in [-0.1, -0.05) is 0 Å². The number of rotatable bonds is 4. The number of amides is 1. The van der Waals surface area contributed by atoms with Crippen molar-refractivity contribution in [3.8, 4) is 5.75 Å². The van der Waals surface area contributed by atoms with Crippen molar-refractivity contribution in [3.63, 3.8) is 0 Å². The normalized spacial score (nSPS) is 9.67. The smallest absolute Gasteiger partial charge is 0.313 e. The molecule has 1 N–H and O–H groups in total. The lowest BCUT2D eigenvalue weighted by Gasteiger charge is -2.12. The summed E-state index contributed by atoms with van der Waals surface area (Å²) in [6, 6.07) is 1.84. The highest BCUT2D eigenvalue weighted by Gasteiger charge is 2.19. The number of hydrogen-bond donors (Lipinski definition) is 1. The van der Waals surface area contributed by atoms with Crippen molar-refractivity contribution in [2.24, 2.45) is 0 Å². The van der Waals surface area contributed by atoms with E-state index < -0.39 is 28.1 Å². The molecule has 0 heterocycles. The fourth-order valence-corrected chi connectivity index (χ4v) is 1.34. The van der Waals surface area contributed by atoms with Gasteiger partial charge >= 0.3 is 5.69 Å². The van der Waals surface area contributed by atoms with Crippen molar-refractivity contribution in [3.05, 3.63) is 27.8 Å². The molecule has 0 aromatic heterocycles. The molecule has 1 rings (SSSR count). The molecule has 18 heavy (non-hydrogen) atoms. The standard InChI is InChI=1S/C10H10N2O6/c1-5(13)11-7-4-8(12(16)17)9(18-2)3-6(7)10(14)15/h3-4H,1-2H3,(H,11,13)(H,14,15)/p-1. The molecule has 8 heteroatoms. The highest BCUT2D eigenvalue weighted by Crippen LogP contribution is 2.32. The minimum Gasteiger partial charge on any atom is -0.545 e. The van der Waals surface area contributed by atoms with E-state index in [0.717, 1.165) is 19.1 Å². The summed E-state index contributed by atoms with van der Waals surface area (Å²) in [5.74, 6) is -2.36. The zero-order valence-electron chi connectivity index (χ0n) is 9.55. The van der Waals surface area contributed by atoms with Crippen molar-refractivity contribution in [2.75, 3.05) is 12.4 Å². The van der Waals surface area contributed by atoms with E-state index in [0.29, 0.717) is 0 Å². The summed E-state index contributed by atoms with van der Waals surface area (Å²) in [6.45, 7) is 1.15. The van der Waals surface area contributed by atoms with E-state index in [-0.39, 0.29) is 11.4 Å².